The van der Waals surface area contributed by atoms with Gasteiger partial charge in [-0.15, -0.1) is 0 Å². The first-order valence-corrected chi connectivity index (χ1v) is 9.48. The molecule has 0 amide bonds. The van der Waals surface area contributed by atoms with Crippen LogP contribution in [0.15, 0.2) is 65.8 Å². The third kappa shape index (κ3) is 3.27. The maximum atomic E-state index is 11.9. The molecule has 5 rings (SSSR count). The average molecular weight is 384 g/mol. The number of hydrogen-bond donors (Lipinski definition) is 3. The van der Waals surface area contributed by atoms with Crippen molar-refractivity contribution in [2.45, 2.75) is 6.42 Å². The van der Waals surface area contributed by atoms with Crippen LogP contribution in [-0.2, 0) is 13.5 Å². The number of H-pyrrole nitrogens is 2. The van der Waals surface area contributed by atoms with E-state index in [4.69, 9.17) is 0 Å². The lowest BCUT2D eigenvalue weighted by molar-refractivity contribution is 0.783. The van der Waals surface area contributed by atoms with E-state index in [1.807, 2.05) is 37.5 Å². The van der Waals surface area contributed by atoms with Crippen molar-refractivity contribution in [3.8, 4) is 11.3 Å². The summed E-state index contributed by atoms with van der Waals surface area (Å²) in [4.78, 5) is 23.9. The summed E-state index contributed by atoms with van der Waals surface area (Å²) in [6, 6.07) is 16.2. The molecule has 7 heteroatoms. The maximum absolute atomic E-state index is 11.9. The summed E-state index contributed by atoms with van der Waals surface area (Å²) in [7, 11) is 1.82. The Bertz CT molecular complexity index is 1380. The van der Waals surface area contributed by atoms with Crippen molar-refractivity contribution < 1.29 is 0 Å². The highest BCUT2D eigenvalue weighted by molar-refractivity contribution is 5.84. The molecule has 3 heterocycles. The maximum Gasteiger partial charge on any atom is 0.271 e. The van der Waals surface area contributed by atoms with Gasteiger partial charge in [-0.05, 0) is 41.6 Å². The van der Waals surface area contributed by atoms with E-state index < -0.39 is 0 Å². The Hall–Kier alpha value is -3.87. The van der Waals surface area contributed by atoms with Crippen molar-refractivity contribution in [1.29, 1.82) is 0 Å². The van der Waals surface area contributed by atoms with Gasteiger partial charge in [0.25, 0.3) is 5.56 Å². The quantitative estimate of drug-likeness (QED) is 0.433. The molecule has 0 fully saturated rings. The second-order valence-electron chi connectivity index (χ2n) is 7.10. The fraction of sp³-hybridized carbons (Fsp3) is 0.136. The van der Waals surface area contributed by atoms with Crippen LogP contribution in [0.4, 0.5) is 5.82 Å². The van der Waals surface area contributed by atoms with Crippen molar-refractivity contribution >= 4 is 27.6 Å². The molecule has 0 atom stereocenters. The first kappa shape index (κ1) is 17.2. The average Bonchev–Trinajstić information content (AvgIpc) is 3.32. The van der Waals surface area contributed by atoms with E-state index in [2.05, 4.69) is 49.6 Å². The summed E-state index contributed by atoms with van der Waals surface area (Å²) in [5.74, 6) is 0.777. The molecule has 0 aliphatic rings. The molecule has 0 bridgehead atoms. The fourth-order valence-corrected chi connectivity index (χ4v) is 3.63. The van der Waals surface area contributed by atoms with Crippen LogP contribution in [0.2, 0.25) is 0 Å². The number of rotatable bonds is 5. The van der Waals surface area contributed by atoms with E-state index in [-0.39, 0.29) is 5.56 Å². The number of aromatic nitrogens is 5. The lowest BCUT2D eigenvalue weighted by atomic mass is 10.1. The Morgan fingerprint density at radius 2 is 2.00 bits per heavy atom. The SMILES string of the molecule is Cn1[nH]c(=O)c2ccc(-c3cc(NCCc4ccc5cc[nH]c5c4)ncn3)cc21. The molecule has 144 valence electrons. The number of aromatic amines is 2. The Morgan fingerprint density at radius 1 is 1.07 bits per heavy atom. The molecular formula is C22H20N6O. The molecule has 0 spiro atoms. The number of aryl methyl sites for hydroxylation is 1. The molecule has 29 heavy (non-hydrogen) atoms. The molecule has 3 aromatic heterocycles. The number of hydrogen-bond acceptors (Lipinski definition) is 4. The van der Waals surface area contributed by atoms with Gasteiger partial charge in [0.05, 0.1) is 16.6 Å². The predicted molar refractivity (Wildman–Crippen MR) is 115 cm³/mol. The van der Waals surface area contributed by atoms with Crippen LogP contribution < -0.4 is 10.9 Å². The second-order valence-corrected chi connectivity index (χ2v) is 7.10. The van der Waals surface area contributed by atoms with Gasteiger partial charge in [-0.25, -0.2) is 9.97 Å². The van der Waals surface area contributed by atoms with Gasteiger partial charge >= 0.3 is 0 Å². The van der Waals surface area contributed by atoms with Gasteiger partial charge in [0.1, 0.15) is 12.1 Å². The fourth-order valence-electron chi connectivity index (χ4n) is 3.63. The largest absolute Gasteiger partial charge is 0.370 e. The predicted octanol–water partition coefficient (Wildman–Crippen LogP) is 3.46. The molecule has 0 radical (unpaired) electrons. The monoisotopic (exact) mass is 384 g/mol. The Kier molecular flexibility index (Phi) is 4.13. The summed E-state index contributed by atoms with van der Waals surface area (Å²) in [6.07, 6.45) is 4.41. The van der Waals surface area contributed by atoms with Crippen LogP contribution in [0, 0.1) is 0 Å². The topological polar surface area (TPSA) is 91.4 Å². The molecule has 7 nitrogen and oxygen atoms in total. The van der Waals surface area contributed by atoms with Crippen molar-refractivity contribution in [1.82, 2.24) is 24.7 Å². The standard InChI is InChI=1S/C22H20N6O/c1-28-20-11-16(4-5-17(20)22(29)27-28)19-12-21(26-13-25-19)24-8-6-14-2-3-15-7-9-23-18(15)10-14/h2-5,7,9-13,23H,6,8H2,1H3,(H,27,29)(H,24,25,26). The highest BCUT2D eigenvalue weighted by Gasteiger charge is 2.08. The number of anilines is 1. The zero-order chi connectivity index (χ0) is 19.8. The summed E-state index contributed by atoms with van der Waals surface area (Å²) >= 11 is 0. The summed E-state index contributed by atoms with van der Waals surface area (Å²) in [6.45, 7) is 0.772. The molecule has 0 unspecified atom stereocenters. The first-order chi connectivity index (χ1) is 14.2. The first-order valence-electron chi connectivity index (χ1n) is 9.48. The molecule has 5 aromatic rings. The smallest absolute Gasteiger partial charge is 0.271 e. The lowest BCUT2D eigenvalue weighted by Gasteiger charge is -2.08. The molecule has 0 aliphatic heterocycles. The minimum Gasteiger partial charge on any atom is -0.370 e. The van der Waals surface area contributed by atoms with Gasteiger partial charge in [-0.2, -0.15) is 0 Å². The van der Waals surface area contributed by atoms with E-state index in [0.29, 0.717) is 5.39 Å². The van der Waals surface area contributed by atoms with Crippen molar-refractivity contribution in [2.75, 3.05) is 11.9 Å². The van der Waals surface area contributed by atoms with E-state index in [1.165, 1.54) is 10.9 Å². The molecular weight excluding hydrogens is 364 g/mol. The third-order valence-corrected chi connectivity index (χ3v) is 5.18. The zero-order valence-corrected chi connectivity index (χ0v) is 15.9. The van der Waals surface area contributed by atoms with Gasteiger partial charge < -0.3 is 10.3 Å². The number of nitrogens with one attached hydrogen (secondary N) is 3. The Morgan fingerprint density at radius 3 is 2.93 bits per heavy atom. The minimum absolute atomic E-state index is 0.0865. The third-order valence-electron chi connectivity index (χ3n) is 5.18. The number of nitrogens with zero attached hydrogens (tertiary/aromatic N) is 3. The van der Waals surface area contributed by atoms with Gasteiger partial charge in [0, 0.05) is 36.9 Å². The van der Waals surface area contributed by atoms with Crippen LogP contribution in [0.5, 0.6) is 0 Å². The van der Waals surface area contributed by atoms with Crippen LogP contribution in [0.1, 0.15) is 5.56 Å². The van der Waals surface area contributed by atoms with E-state index in [9.17, 15) is 4.79 Å². The van der Waals surface area contributed by atoms with Crippen molar-refractivity contribution in [2.24, 2.45) is 7.05 Å². The summed E-state index contributed by atoms with van der Waals surface area (Å²) < 4.78 is 1.72. The summed E-state index contributed by atoms with van der Waals surface area (Å²) in [5, 5.41) is 8.04. The van der Waals surface area contributed by atoms with Crippen LogP contribution in [0.25, 0.3) is 33.1 Å². The minimum atomic E-state index is -0.0865. The van der Waals surface area contributed by atoms with Crippen LogP contribution in [0.3, 0.4) is 0 Å². The van der Waals surface area contributed by atoms with E-state index >= 15 is 0 Å². The Balaban J connectivity index is 1.33. The number of benzene rings is 2. The lowest BCUT2D eigenvalue weighted by Crippen LogP contribution is -2.06. The van der Waals surface area contributed by atoms with Gasteiger partial charge in [0.2, 0.25) is 0 Å². The van der Waals surface area contributed by atoms with Gasteiger partial charge in [-0.3, -0.25) is 14.6 Å². The van der Waals surface area contributed by atoms with E-state index in [0.717, 1.165) is 41.1 Å². The molecule has 3 N–H and O–H groups in total. The van der Waals surface area contributed by atoms with Crippen molar-refractivity contribution in [3.05, 3.63) is 77.0 Å². The zero-order valence-electron chi connectivity index (χ0n) is 15.9. The summed E-state index contributed by atoms with van der Waals surface area (Å²) in [5.41, 5.74) is 4.93. The number of fused-ring (bicyclic) bond motifs is 2. The molecule has 2 aromatic carbocycles. The normalized spacial score (nSPS) is 11.3. The highest BCUT2D eigenvalue weighted by Crippen LogP contribution is 2.22. The van der Waals surface area contributed by atoms with E-state index in [1.54, 1.807) is 11.0 Å². The highest BCUT2D eigenvalue weighted by atomic mass is 16.1. The van der Waals surface area contributed by atoms with Crippen LogP contribution >= 0.6 is 0 Å². The molecule has 0 aliphatic carbocycles. The van der Waals surface area contributed by atoms with Crippen LogP contribution in [-0.4, -0.2) is 31.3 Å². The molecule has 0 saturated carbocycles. The second kappa shape index (κ2) is 6.94. The van der Waals surface area contributed by atoms with Gasteiger partial charge in [-0.1, -0.05) is 18.2 Å². The van der Waals surface area contributed by atoms with Gasteiger partial charge in [0.15, 0.2) is 0 Å². The molecule has 0 saturated heterocycles. The Labute approximate surface area is 166 Å². The van der Waals surface area contributed by atoms with Crippen molar-refractivity contribution in [3.63, 3.8) is 0 Å².